The molecule has 0 aromatic rings. The fourth-order valence-electron chi connectivity index (χ4n) is 2.02. The first-order chi connectivity index (χ1) is 9.49. The average molecular weight is 353 g/mol. The molecular weight excluding hydrogens is 324 g/mol. The van der Waals surface area contributed by atoms with Crippen molar-refractivity contribution >= 4 is 17.4 Å². The van der Waals surface area contributed by atoms with Crippen LogP contribution in [0.3, 0.4) is 0 Å². The summed E-state index contributed by atoms with van der Waals surface area (Å²) in [7, 11) is -6.32. The minimum absolute atomic E-state index is 0.479. The third-order valence-electron chi connectivity index (χ3n) is 3.79. The van der Waals surface area contributed by atoms with Gasteiger partial charge in [-0.25, -0.2) is 0 Å². The molecule has 0 aliphatic heterocycles. The minimum atomic E-state index is -5.84. The zero-order valence-corrected chi connectivity index (χ0v) is 15.1. The Bertz CT molecular complexity index is 344. The van der Waals surface area contributed by atoms with Crippen LogP contribution < -0.4 is 0 Å². The minimum Gasteiger partial charge on any atom is -0.279 e. The highest BCUT2D eigenvalue weighted by Crippen LogP contribution is 2.58. The van der Waals surface area contributed by atoms with Crippen molar-refractivity contribution in [2.75, 3.05) is 24.6 Å². The summed E-state index contributed by atoms with van der Waals surface area (Å²) in [4.78, 5) is 0. The standard InChI is InChI=1S/C12H28P.CHF3O3S/c1-5-9-10-11-12-13(6-2,7-3)8-4;2-1(3,4)8(5,6)7/h5-12H2,1-4H3;(H,5,6,7)/q+1;. The van der Waals surface area contributed by atoms with Crippen molar-refractivity contribution in [1.82, 2.24) is 0 Å². The maximum atomic E-state index is 10.7. The second-order valence-electron chi connectivity index (χ2n) is 5.00. The van der Waals surface area contributed by atoms with E-state index in [0.717, 1.165) is 0 Å². The summed E-state index contributed by atoms with van der Waals surface area (Å²) < 4.78 is 57.5. The van der Waals surface area contributed by atoms with Crippen LogP contribution in [0.15, 0.2) is 0 Å². The molecule has 0 radical (unpaired) electrons. The Morgan fingerprint density at radius 2 is 1.29 bits per heavy atom. The molecule has 0 aromatic carbocycles. The molecule has 1 N–H and O–H groups in total. The van der Waals surface area contributed by atoms with Gasteiger partial charge in [0.1, 0.15) is 0 Å². The Morgan fingerprint density at radius 1 is 0.905 bits per heavy atom. The van der Waals surface area contributed by atoms with Gasteiger partial charge in [0.15, 0.2) is 0 Å². The third-order valence-corrected chi connectivity index (χ3v) is 9.67. The molecule has 0 fully saturated rings. The fraction of sp³-hybridized carbons (Fsp3) is 1.00. The number of halogens is 3. The van der Waals surface area contributed by atoms with E-state index in [0.29, 0.717) is 0 Å². The molecule has 0 rings (SSSR count). The Labute approximate surface area is 127 Å². The van der Waals surface area contributed by atoms with Crippen molar-refractivity contribution in [1.29, 1.82) is 0 Å². The highest BCUT2D eigenvalue weighted by Gasteiger charge is 2.44. The van der Waals surface area contributed by atoms with E-state index in [2.05, 4.69) is 27.7 Å². The Morgan fingerprint density at radius 3 is 1.52 bits per heavy atom. The van der Waals surface area contributed by atoms with Gasteiger partial charge >= 0.3 is 15.6 Å². The molecule has 0 amide bonds. The molecule has 130 valence electrons. The van der Waals surface area contributed by atoms with Crippen molar-refractivity contribution < 1.29 is 26.1 Å². The molecule has 0 saturated heterocycles. The van der Waals surface area contributed by atoms with Gasteiger partial charge in [-0.05, 0) is 33.6 Å². The van der Waals surface area contributed by atoms with Crippen molar-refractivity contribution in [2.45, 2.75) is 58.9 Å². The van der Waals surface area contributed by atoms with E-state index in [1.165, 1.54) is 44.2 Å². The lowest BCUT2D eigenvalue weighted by Gasteiger charge is -2.23. The summed E-state index contributed by atoms with van der Waals surface area (Å²) in [5.74, 6) is 0. The summed E-state index contributed by atoms with van der Waals surface area (Å²) in [6, 6.07) is 0. The molecule has 8 heteroatoms. The molecule has 0 aliphatic carbocycles. The Kier molecular flexibility index (Phi) is 12.0. The van der Waals surface area contributed by atoms with Crippen molar-refractivity contribution in [3.05, 3.63) is 0 Å². The Balaban J connectivity index is 0. The van der Waals surface area contributed by atoms with Crippen molar-refractivity contribution in [3.8, 4) is 0 Å². The van der Waals surface area contributed by atoms with Gasteiger partial charge in [-0.1, -0.05) is 19.8 Å². The van der Waals surface area contributed by atoms with Gasteiger partial charge in [0.2, 0.25) is 0 Å². The van der Waals surface area contributed by atoms with Gasteiger partial charge in [0.05, 0.1) is 24.6 Å². The molecule has 21 heavy (non-hydrogen) atoms. The topological polar surface area (TPSA) is 54.4 Å². The summed E-state index contributed by atoms with van der Waals surface area (Å²) in [6.45, 7) is 9.50. The fourth-order valence-corrected chi connectivity index (χ4v) is 5.20. The van der Waals surface area contributed by atoms with Crippen LogP contribution in [0.5, 0.6) is 0 Å². The number of rotatable bonds is 8. The molecule has 0 aromatic heterocycles. The number of hydrogen-bond donors (Lipinski definition) is 1. The van der Waals surface area contributed by atoms with Gasteiger partial charge in [-0.2, -0.15) is 21.6 Å². The van der Waals surface area contributed by atoms with Crippen molar-refractivity contribution in [3.63, 3.8) is 0 Å². The number of alkyl halides is 3. The molecule has 0 unspecified atom stereocenters. The van der Waals surface area contributed by atoms with E-state index in [1.807, 2.05) is 0 Å². The first-order valence-corrected chi connectivity index (χ1v) is 11.4. The maximum absolute atomic E-state index is 10.7. The normalized spacial score (nSPS) is 12.8. The smallest absolute Gasteiger partial charge is 0.279 e. The highest BCUT2D eigenvalue weighted by atomic mass is 32.2. The zero-order valence-electron chi connectivity index (χ0n) is 13.4. The van der Waals surface area contributed by atoms with Crippen LogP contribution in [-0.2, 0) is 10.1 Å². The van der Waals surface area contributed by atoms with Crippen LogP contribution in [0.2, 0.25) is 0 Å². The summed E-state index contributed by atoms with van der Waals surface area (Å²) in [5.41, 5.74) is -5.53. The summed E-state index contributed by atoms with van der Waals surface area (Å²) >= 11 is 0. The molecule has 0 heterocycles. The molecule has 0 saturated carbocycles. The number of hydrogen-bond acceptors (Lipinski definition) is 2. The Hall–Kier alpha value is 0.130. The zero-order chi connectivity index (χ0) is 17.2. The van der Waals surface area contributed by atoms with E-state index < -0.39 is 22.9 Å². The molecule has 0 spiro atoms. The van der Waals surface area contributed by atoms with Gasteiger partial charge in [-0.15, -0.1) is 0 Å². The van der Waals surface area contributed by atoms with Gasteiger partial charge in [0, 0.05) is 7.26 Å². The molecular formula is C13H29F3O3PS+. The van der Waals surface area contributed by atoms with Gasteiger partial charge in [-0.3, -0.25) is 4.55 Å². The van der Waals surface area contributed by atoms with E-state index >= 15 is 0 Å². The van der Waals surface area contributed by atoms with E-state index in [4.69, 9.17) is 13.0 Å². The van der Waals surface area contributed by atoms with E-state index in [9.17, 15) is 13.2 Å². The van der Waals surface area contributed by atoms with Gasteiger partial charge < -0.3 is 0 Å². The SMILES string of the molecule is CCCCCC[P+](CC)(CC)CC.O=S(=O)(O)C(F)(F)F. The number of unbranched alkanes of at least 4 members (excludes halogenated alkanes) is 3. The van der Waals surface area contributed by atoms with Crippen LogP contribution in [0.1, 0.15) is 53.4 Å². The molecule has 0 aliphatic rings. The van der Waals surface area contributed by atoms with Crippen LogP contribution in [0, 0.1) is 0 Å². The quantitative estimate of drug-likeness (QED) is 0.288. The van der Waals surface area contributed by atoms with Crippen molar-refractivity contribution in [2.24, 2.45) is 0 Å². The van der Waals surface area contributed by atoms with Crippen LogP contribution >= 0.6 is 7.26 Å². The first kappa shape index (κ1) is 23.4. The average Bonchev–Trinajstić information content (AvgIpc) is 2.38. The highest BCUT2D eigenvalue weighted by molar-refractivity contribution is 7.86. The molecule has 0 atom stereocenters. The second-order valence-corrected chi connectivity index (χ2v) is 11.4. The third kappa shape index (κ3) is 10.5. The largest absolute Gasteiger partial charge is 0.522 e. The first-order valence-electron chi connectivity index (χ1n) is 7.38. The molecule has 0 bridgehead atoms. The van der Waals surface area contributed by atoms with E-state index in [-0.39, 0.29) is 0 Å². The predicted molar refractivity (Wildman–Crippen MR) is 85.2 cm³/mol. The monoisotopic (exact) mass is 353 g/mol. The predicted octanol–water partition coefficient (Wildman–Crippen LogP) is 5.04. The van der Waals surface area contributed by atoms with Crippen LogP contribution in [0.4, 0.5) is 13.2 Å². The summed E-state index contributed by atoms with van der Waals surface area (Å²) in [6.07, 6.45) is 11.8. The van der Waals surface area contributed by atoms with Crippen LogP contribution in [0.25, 0.3) is 0 Å². The summed E-state index contributed by atoms with van der Waals surface area (Å²) in [5, 5.41) is 0. The second kappa shape index (κ2) is 10.8. The van der Waals surface area contributed by atoms with E-state index in [1.54, 1.807) is 6.16 Å². The van der Waals surface area contributed by atoms with Gasteiger partial charge in [0.25, 0.3) is 0 Å². The lowest BCUT2D eigenvalue weighted by atomic mass is 10.2. The maximum Gasteiger partial charge on any atom is 0.522 e. The lowest BCUT2D eigenvalue weighted by Crippen LogP contribution is -2.21. The molecule has 3 nitrogen and oxygen atoms in total. The van der Waals surface area contributed by atoms with Crippen LogP contribution in [-0.4, -0.2) is 43.1 Å². The lowest BCUT2D eigenvalue weighted by molar-refractivity contribution is -0.0510.